The van der Waals surface area contributed by atoms with Gasteiger partial charge in [-0.25, -0.2) is 0 Å². The van der Waals surface area contributed by atoms with Crippen LogP contribution in [0, 0.1) is 5.41 Å². The maximum Gasteiger partial charge on any atom is 0.0373 e. The van der Waals surface area contributed by atoms with Crippen molar-refractivity contribution in [3.8, 4) is 0 Å². The van der Waals surface area contributed by atoms with Crippen molar-refractivity contribution in [2.45, 2.75) is 25.7 Å². The molecule has 1 aliphatic heterocycles. The van der Waals surface area contributed by atoms with E-state index in [2.05, 4.69) is 23.5 Å². The number of rotatable bonds is 3. The third-order valence-electron chi connectivity index (χ3n) is 3.85. The van der Waals surface area contributed by atoms with Crippen LogP contribution < -0.4 is 11.1 Å². The Morgan fingerprint density at radius 3 is 2.93 bits per heavy atom. The highest BCUT2D eigenvalue weighted by Gasteiger charge is 2.40. The van der Waals surface area contributed by atoms with Crippen molar-refractivity contribution in [2.24, 2.45) is 11.1 Å². The molecule has 1 saturated carbocycles. The molecule has 1 aromatic rings. The van der Waals surface area contributed by atoms with Crippen LogP contribution >= 0.6 is 0 Å². The lowest BCUT2D eigenvalue weighted by Crippen LogP contribution is -2.17. The van der Waals surface area contributed by atoms with Crippen LogP contribution in [0.5, 0.6) is 0 Å². The molecule has 2 aliphatic rings. The highest BCUT2D eigenvalue weighted by Crippen LogP contribution is 2.47. The van der Waals surface area contributed by atoms with E-state index in [9.17, 15) is 0 Å². The second-order valence-electron chi connectivity index (χ2n) is 5.05. The van der Waals surface area contributed by atoms with E-state index in [1.807, 2.05) is 0 Å². The van der Waals surface area contributed by atoms with E-state index in [4.69, 9.17) is 5.73 Å². The zero-order valence-corrected chi connectivity index (χ0v) is 9.05. The summed E-state index contributed by atoms with van der Waals surface area (Å²) in [7, 11) is 0. The maximum atomic E-state index is 5.82. The van der Waals surface area contributed by atoms with E-state index in [0.29, 0.717) is 5.41 Å². The molecule has 0 spiro atoms. The molecule has 2 nitrogen and oxygen atoms in total. The zero-order chi connectivity index (χ0) is 10.3. The van der Waals surface area contributed by atoms with Gasteiger partial charge in [-0.1, -0.05) is 12.1 Å². The molecule has 1 fully saturated rings. The molecule has 0 aromatic heterocycles. The fraction of sp³-hybridized carbons (Fsp3) is 0.538. The molecule has 3 N–H and O–H groups in total. The number of hydrogen-bond donors (Lipinski definition) is 2. The zero-order valence-electron chi connectivity index (χ0n) is 9.05. The minimum atomic E-state index is 0.459. The first-order valence-electron chi connectivity index (χ1n) is 5.87. The van der Waals surface area contributed by atoms with Gasteiger partial charge < -0.3 is 11.1 Å². The molecule has 0 amide bonds. The van der Waals surface area contributed by atoms with Crippen molar-refractivity contribution in [2.75, 3.05) is 18.4 Å². The third-order valence-corrected chi connectivity index (χ3v) is 3.85. The molecule has 15 heavy (non-hydrogen) atoms. The fourth-order valence-electron chi connectivity index (χ4n) is 2.53. The van der Waals surface area contributed by atoms with Crippen LogP contribution in [0.15, 0.2) is 18.2 Å². The molecule has 3 rings (SSSR count). The number of anilines is 1. The Hall–Kier alpha value is -1.02. The van der Waals surface area contributed by atoms with Gasteiger partial charge in [0.25, 0.3) is 0 Å². The Morgan fingerprint density at radius 2 is 2.20 bits per heavy atom. The lowest BCUT2D eigenvalue weighted by atomic mass is 9.95. The van der Waals surface area contributed by atoms with Crippen LogP contribution in [0.4, 0.5) is 5.69 Å². The van der Waals surface area contributed by atoms with Gasteiger partial charge in [0.1, 0.15) is 0 Å². The summed E-state index contributed by atoms with van der Waals surface area (Å²) in [6.07, 6.45) is 4.99. The van der Waals surface area contributed by atoms with Crippen molar-refractivity contribution in [1.29, 1.82) is 0 Å². The fourth-order valence-corrected chi connectivity index (χ4v) is 2.53. The van der Waals surface area contributed by atoms with Crippen LogP contribution in [0.1, 0.15) is 24.0 Å². The monoisotopic (exact) mass is 202 g/mol. The van der Waals surface area contributed by atoms with Crippen LogP contribution in [0.2, 0.25) is 0 Å². The summed E-state index contributed by atoms with van der Waals surface area (Å²) in [5, 5.41) is 3.40. The predicted octanol–water partition coefficient (Wildman–Crippen LogP) is 1.94. The summed E-state index contributed by atoms with van der Waals surface area (Å²) >= 11 is 0. The van der Waals surface area contributed by atoms with E-state index in [0.717, 1.165) is 13.1 Å². The molecule has 80 valence electrons. The Balaban J connectivity index is 1.81. The highest BCUT2D eigenvalue weighted by molar-refractivity contribution is 5.56. The molecule has 1 heterocycles. The molecular formula is C13H18N2. The lowest BCUT2D eigenvalue weighted by molar-refractivity contribution is 0.521. The summed E-state index contributed by atoms with van der Waals surface area (Å²) in [5.74, 6) is 0. The van der Waals surface area contributed by atoms with Crippen molar-refractivity contribution in [1.82, 2.24) is 0 Å². The van der Waals surface area contributed by atoms with Gasteiger partial charge in [0.15, 0.2) is 0 Å². The Morgan fingerprint density at radius 1 is 1.33 bits per heavy atom. The Labute approximate surface area is 90.9 Å². The molecule has 1 aromatic carbocycles. The van der Waals surface area contributed by atoms with Gasteiger partial charge >= 0.3 is 0 Å². The average Bonchev–Trinajstić information content (AvgIpc) is 2.88. The molecule has 0 radical (unpaired) electrons. The topological polar surface area (TPSA) is 38.0 Å². The van der Waals surface area contributed by atoms with E-state index >= 15 is 0 Å². The maximum absolute atomic E-state index is 5.82. The number of hydrogen-bond acceptors (Lipinski definition) is 2. The second kappa shape index (κ2) is 3.24. The summed E-state index contributed by atoms with van der Waals surface area (Å²) in [5.41, 5.74) is 10.6. The quantitative estimate of drug-likeness (QED) is 0.786. The minimum absolute atomic E-state index is 0.459. The van der Waals surface area contributed by atoms with Crippen LogP contribution in [-0.4, -0.2) is 13.1 Å². The van der Waals surface area contributed by atoms with Gasteiger partial charge in [-0.05, 0) is 54.8 Å². The van der Waals surface area contributed by atoms with Gasteiger partial charge in [-0.2, -0.15) is 0 Å². The molecule has 0 saturated heterocycles. The Kier molecular flexibility index (Phi) is 1.99. The largest absolute Gasteiger partial charge is 0.384 e. The molecule has 0 unspecified atom stereocenters. The van der Waals surface area contributed by atoms with Crippen molar-refractivity contribution < 1.29 is 0 Å². The number of nitrogens with two attached hydrogens (primary N) is 1. The standard InChI is InChI=1S/C13H18N2/c14-9-13(4-5-13)8-10-1-2-12-11(7-10)3-6-15-12/h1-2,7,15H,3-6,8-9,14H2. The molecule has 0 bridgehead atoms. The predicted molar refractivity (Wildman–Crippen MR) is 63.1 cm³/mol. The van der Waals surface area contributed by atoms with Crippen molar-refractivity contribution in [3.63, 3.8) is 0 Å². The minimum Gasteiger partial charge on any atom is -0.384 e. The smallest absolute Gasteiger partial charge is 0.0373 e. The normalized spacial score (nSPS) is 20.9. The van der Waals surface area contributed by atoms with E-state index in [1.54, 1.807) is 0 Å². The second-order valence-corrected chi connectivity index (χ2v) is 5.05. The third kappa shape index (κ3) is 1.63. The summed E-state index contributed by atoms with van der Waals surface area (Å²) in [4.78, 5) is 0. The first kappa shape index (κ1) is 9.22. The van der Waals surface area contributed by atoms with Gasteiger partial charge in [-0.15, -0.1) is 0 Å². The summed E-state index contributed by atoms with van der Waals surface area (Å²) < 4.78 is 0. The van der Waals surface area contributed by atoms with Gasteiger partial charge in [0, 0.05) is 12.2 Å². The molecule has 1 aliphatic carbocycles. The van der Waals surface area contributed by atoms with Crippen LogP contribution in [0.25, 0.3) is 0 Å². The van der Waals surface area contributed by atoms with Crippen LogP contribution in [-0.2, 0) is 12.8 Å². The van der Waals surface area contributed by atoms with E-state index in [1.165, 1.54) is 42.5 Å². The highest BCUT2D eigenvalue weighted by atomic mass is 14.9. The molecular weight excluding hydrogens is 184 g/mol. The number of fused-ring (bicyclic) bond motifs is 1. The van der Waals surface area contributed by atoms with Gasteiger partial charge in [0.05, 0.1) is 0 Å². The molecule has 2 heteroatoms. The van der Waals surface area contributed by atoms with Gasteiger partial charge in [-0.3, -0.25) is 0 Å². The number of benzene rings is 1. The summed E-state index contributed by atoms with van der Waals surface area (Å²) in [6.45, 7) is 1.95. The van der Waals surface area contributed by atoms with Crippen LogP contribution in [0.3, 0.4) is 0 Å². The average molecular weight is 202 g/mol. The van der Waals surface area contributed by atoms with Crippen molar-refractivity contribution >= 4 is 5.69 Å². The first-order valence-corrected chi connectivity index (χ1v) is 5.87. The lowest BCUT2D eigenvalue weighted by Gasteiger charge is -2.12. The Bertz CT molecular complexity index is 380. The van der Waals surface area contributed by atoms with E-state index in [-0.39, 0.29) is 0 Å². The van der Waals surface area contributed by atoms with Gasteiger partial charge in [0.2, 0.25) is 0 Å². The first-order chi connectivity index (χ1) is 7.31. The molecule has 0 atom stereocenters. The number of nitrogens with one attached hydrogen (secondary N) is 1. The van der Waals surface area contributed by atoms with E-state index < -0.39 is 0 Å². The van der Waals surface area contributed by atoms with Crippen molar-refractivity contribution in [3.05, 3.63) is 29.3 Å². The SMILES string of the molecule is NCC1(Cc2ccc3c(c2)CCN3)CC1. The summed E-state index contributed by atoms with van der Waals surface area (Å²) in [6, 6.07) is 6.85.